The average Bonchev–Trinajstić information content (AvgIpc) is 2.35. The minimum atomic E-state index is 0.102. The lowest BCUT2D eigenvalue weighted by atomic mass is 10.0. The van der Waals surface area contributed by atoms with Crippen LogP contribution in [0.4, 0.5) is 5.69 Å². The molecule has 1 saturated heterocycles. The van der Waals surface area contributed by atoms with E-state index < -0.39 is 0 Å². The number of carbonyl (C=O) groups is 1. The Bertz CT molecular complexity index is 422. The molecule has 0 bridgehead atoms. The van der Waals surface area contributed by atoms with Gasteiger partial charge in [0.05, 0.1) is 18.3 Å². The molecule has 0 radical (unpaired) electrons. The van der Waals surface area contributed by atoms with Gasteiger partial charge in [-0.1, -0.05) is 12.1 Å². The molecule has 18 heavy (non-hydrogen) atoms. The number of nitrogens with one attached hydrogen (secondary N) is 2. The molecule has 2 N–H and O–H groups in total. The lowest BCUT2D eigenvalue weighted by molar-refractivity contribution is -0.920. The van der Waals surface area contributed by atoms with E-state index in [0.717, 1.165) is 16.7 Å². The smallest absolute Gasteiger partial charge is 0.279 e. The van der Waals surface area contributed by atoms with Gasteiger partial charge in [-0.2, -0.15) is 0 Å². The number of hydrogen-bond donors (Lipinski definition) is 2. The van der Waals surface area contributed by atoms with Crippen molar-refractivity contribution in [3.63, 3.8) is 0 Å². The number of para-hydroxylation sites is 1. The molecule has 1 amide bonds. The molecule has 0 saturated carbocycles. The predicted molar refractivity (Wildman–Crippen MR) is 76.8 cm³/mol. The highest BCUT2D eigenvalue weighted by molar-refractivity contribution is 9.10. The second-order valence-electron chi connectivity index (χ2n) is 5.01. The van der Waals surface area contributed by atoms with Gasteiger partial charge in [-0.3, -0.25) is 4.79 Å². The molecule has 2 rings (SSSR count). The molecule has 0 aliphatic carbocycles. The molecular weight excluding hydrogens is 292 g/mol. The van der Waals surface area contributed by atoms with Crippen LogP contribution in [0.15, 0.2) is 28.7 Å². The molecule has 0 spiro atoms. The summed E-state index contributed by atoms with van der Waals surface area (Å²) in [6.07, 6.45) is 3.77. The Labute approximate surface area is 117 Å². The Morgan fingerprint density at radius 2 is 2.22 bits per heavy atom. The minimum absolute atomic E-state index is 0.102. The summed E-state index contributed by atoms with van der Waals surface area (Å²) < 4.78 is 0.931. The van der Waals surface area contributed by atoms with Gasteiger partial charge < -0.3 is 10.2 Å². The van der Waals surface area contributed by atoms with Crippen molar-refractivity contribution in [3.8, 4) is 0 Å². The molecule has 0 aromatic heterocycles. The molecule has 3 nitrogen and oxygen atoms in total. The van der Waals surface area contributed by atoms with Crippen LogP contribution in [-0.4, -0.2) is 25.0 Å². The second kappa shape index (κ2) is 6.34. The summed E-state index contributed by atoms with van der Waals surface area (Å²) in [6.45, 7) is 3.92. The molecule has 2 atom stereocenters. The van der Waals surface area contributed by atoms with Gasteiger partial charge in [0.15, 0.2) is 6.54 Å². The minimum Gasteiger partial charge on any atom is -0.325 e. The Hall–Kier alpha value is -0.870. The van der Waals surface area contributed by atoms with Crippen LogP contribution >= 0.6 is 15.9 Å². The molecule has 1 aliphatic heterocycles. The zero-order valence-corrected chi connectivity index (χ0v) is 12.3. The highest BCUT2D eigenvalue weighted by Crippen LogP contribution is 2.20. The van der Waals surface area contributed by atoms with Crippen LogP contribution in [0.1, 0.15) is 26.2 Å². The number of rotatable bonds is 3. The van der Waals surface area contributed by atoms with Crippen LogP contribution in [0.2, 0.25) is 0 Å². The molecular formula is C14H20BrN2O+. The number of amides is 1. The zero-order valence-electron chi connectivity index (χ0n) is 10.7. The third-order valence-corrected chi connectivity index (χ3v) is 4.31. The molecule has 1 fully saturated rings. The van der Waals surface area contributed by atoms with E-state index in [1.807, 2.05) is 24.3 Å². The molecule has 1 heterocycles. The Balaban J connectivity index is 1.90. The summed E-state index contributed by atoms with van der Waals surface area (Å²) in [5.74, 6) is 0.102. The summed E-state index contributed by atoms with van der Waals surface area (Å²) in [5, 5.41) is 2.97. The van der Waals surface area contributed by atoms with E-state index in [-0.39, 0.29) is 5.91 Å². The number of halogens is 1. The fourth-order valence-electron chi connectivity index (χ4n) is 2.48. The largest absolute Gasteiger partial charge is 0.325 e. The summed E-state index contributed by atoms with van der Waals surface area (Å²) in [7, 11) is 0. The number of hydrogen-bond acceptors (Lipinski definition) is 1. The highest BCUT2D eigenvalue weighted by atomic mass is 79.9. The zero-order chi connectivity index (χ0) is 13.0. The van der Waals surface area contributed by atoms with E-state index in [1.54, 1.807) is 0 Å². The quantitative estimate of drug-likeness (QED) is 0.877. The Morgan fingerprint density at radius 3 is 2.94 bits per heavy atom. The van der Waals surface area contributed by atoms with E-state index >= 15 is 0 Å². The SMILES string of the molecule is C[C@@H]1CCCC[NH+]1CC(=O)Nc1ccccc1Br. The molecule has 98 valence electrons. The van der Waals surface area contributed by atoms with Crippen molar-refractivity contribution >= 4 is 27.5 Å². The van der Waals surface area contributed by atoms with Gasteiger partial charge >= 0.3 is 0 Å². The molecule has 1 unspecified atom stereocenters. The maximum atomic E-state index is 12.0. The van der Waals surface area contributed by atoms with Crippen molar-refractivity contribution in [2.45, 2.75) is 32.2 Å². The molecule has 1 aromatic rings. The summed E-state index contributed by atoms with van der Waals surface area (Å²) in [5.41, 5.74) is 0.853. The van der Waals surface area contributed by atoms with Gasteiger partial charge in [0.1, 0.15) is 0 Å². The van der Waals surface area contributed by atoms with Crippen molar-refractivity contribution in [1.29, 1.82) is 0 Å². The predicted octanol–water partition coefficient (Wildman–Crippen LogP) is 1.84. The topological polar surface area (TPSA) is 33.5 Å². The Kier molecular flexibility index (Phi) is 4.78. The highest BCUT2D eigenvalue weighted by Gasteiger charge is 2.24. The lowest BCUT2D eigenvalue weighted by Crippen LogP contribution is -3.17. The fourth-order valence-corrected chi connectivity index (χ4v) is 2.86. The van der Waals surface area contributed by atoms with E-state index in [2.05, 4.69) is 28.2 Å². The van der Waals surface area contributed by atoms with Crippen LogP contribution in [0.5, 0.6) is 0 Å². The Morgan fingerprint density at radius 1 is 1.44 bits per heavy atom. The van der Waals surface area contributed by atoms with Crippen LogP contribution < -0.4 is 10.2 Å². The fraction of sp³-hybridized carbons (Fsp3) is 0.500. The average molecular weight is 312 g/mol. The standard InChI is InChI=1S/C14H19BrN2O/c1-11-6-4-5-9-17(11)10-14(18)16-13-8-3-2-7-12(13)15/h2-3,7-8,11H,4-6,9-10H2,1H3,(H,16,18)/p+1/t11-/m1/s1. The normalized spacial score (nSPS) is 23.7. The van der Waals surface area contributed by atoms with Crippen molar-refractivity contribution in [3.05, 3.63) is 28.7 Å². The third kappa shape index (κ3) is 3.56. The summed E-state index contributed by atoms with van der Waals surface area (Å²) >= 11 is 3.44. The number of anilines is 1. The van der Waals surface area contributed by atoms with Gasteiger partial charge in [-0.25, -0.2) is 0 Å². The van der Waals surface area contributed by atoms with Crippen LogP contribution in [0.25, 0.3) is 0 Å². The number of carbonyl (C=O) groups excluding carboxylic acids is 1. The number of benzene rings is 1. The van der Waals surface area contributed by atoms with Crippen LogP contribution in [0.3, 0.4) is 0 Å². The number of likely N-dealkylation sites (tertiary alicyclic amines) is 1. The van der Waals surface area contributed by atoms with Crippen LogP contribution in [-0.2, 0) is 4.79 Å². The van der Waals surface area contributed by atoms with Gasteiger partial charge in [0.25, 0.3) is 5.91 Å². The first-order valence-electron chi connectivity index (χ1n) is 6.56. The second-order valence-corrected chi connectivity index (χ2v) is 5.86. The van der Waals surface area contributed by atoms with Gasteiger partial charge in [-0.05, 0) is 54.2 Å². The third-order valence-electron chi connectivity index (χ3n) is 3.62. The summed E-state index contributed by atoms with van der Waals surface area (Å²) in [6, 6.07) is 8.32. The monoisotopic (exact) mass is 311 g/mol. The van der Waals surface area contributed by atoms with Crippen LogP contribution in [0, 0.1) is 0 Å². The molecule has 4 heteroatoms. The first-order chi connectivity index (χ1) is 8.66. The maximum absolute atomic E-state index is 12.0. The van der Waals surface area contributed by atoms with Crippen molar-refractivity contribution in [2.24, 2.45) is 0 Å². The van der Waals surface area contributed by atoms with Gasteiger partial charge in [0.2, 0.25) is 0 Å². The molecule has 1 aromatic carbocycles. The van der Waals surface area contributed by atoms with E-state index in [0.29, 0.717) is 12.6 Å². The van der Waals surface area contributed by atoms with Gasteiger partial charge in [-0.15, -0.1) is 0 Å². The first-order valence-corrected chi connectivity index (χ1v) is 7.35. The summed E-state index contributed by atoms with van der Waals surface area (Å²) in [4.78, 5) is 13.4. The van der Waals surface area contributed by atoms with Crippen molar-refractivity contribution in [2.75, 3.05) is 18.4 Å². The first kappa shape index (κ1) is 13.6. The number of piperidine rings is 1. The lowest BCUT2D eigenvalue weighted by Gasteiger charge is -2.29. The van der Waals surface area contributed by atoms with Gasteiger partial charge in [0, 0.05) is 4.47 Å². The van der Waals surface area contributed by atoms with E-state index in [4.69, 9.17) is 0 Å². The van der Waals surface area contributed by atoms with E-state index in [9.17, 15) is 4.79 Å². The maximum Gasteiger partial charge on any atom is 0.279 e. The van der Waals surface area contributed by atoms with E-state index in [1.165, 1.54) is 24.2 Å². The molecule has 1 aliphatic rings. The van der Waals surface area contributed by atoms with Crippen molar-refractivity contribution in [1.82, 2.24) is 0 Å². The number of quaternary nitrogens is 1. The van der Waals surface area contributed by atoms with Crippen molar-refractivity contribution < 1.29 is 9.69 Å².